The van der Waals surface area contributed by atoms with Crippen LogP contribution in [0.4, 0.5) is 0 Å². The van der Waals surface area contributed by atoms with Gasteiger partial charge in [-0.05, 0) is 0 Å². The normalized spacial score (nSPS) is 9.06. The molecule has 0 bridgehead atoms. The summed E-state index contributed by atoms with van der Waals surface area (Å²) in [6, 6.07) is 22.5. The number of benzene rings is 2. The maximum Gasteiger partial charge on any atom is 2.00 e. The molecule has 0 nitrogen and oxygen atoms in total. The molecule has 0 aliphatic rings. The summed E-state index contributed by atoms with van der Waals surface area (Å²) >= 11 is 0. The van der Waals surface area contributed by atoms with Crippen LogP contribution >= 0.6 is 0 Å². The Bertz CT molecular complexity index is 402. The molecule has 0 unspecified atom stereocenters. The molecule has 2 rings (SSSR count). The molecular formula is C15H12W. The molecule has 0 N–H and O–H groups in total. The first kappa shape index (κ1) is 12.9. The third-order valence-electron chi connectivity index (χ3n) is 2.29. The molecular weight excluding hydrogens is 364 g/mol. The van der Waals surface area contributed by atoms with Crippen molar-refractivity contribution in [2.75, 3.05) is 0 Å². The Morgan fingerprint density at radius 2 is 1.44 bits per heavy atom. The molecule has 2 aromatic rings. The zero-order valence-corrected chi connectivity index (χ0v) is 12.0. The summed E-state index contributed by atoms with van der Waals surface area (Å²) in [4.78, 5) is 0. The fraction of sp³-hybridized carbons (Fsp3) is 0.0667. The summed E-state index contributed by atoms with van der Waals surface area (Å²) in [5.74, 6) is 0. The average molecular weight is 376 g/mol. The van der Waals surface area contributed by atoms with E-state index in [-0.39, 0.29) is 21.1 Å². The van der Waals surface area contributed by atoms with E-state index in [1.807, 2.05) is 43.3 Å². The smallest absolute Gasteiger partial charge is 0.147 e. The van der Waals surface area contributed by atoms with E-state index in [0.717, 1.165) is 11.1 Å². The van der Waals surface area contributed by atoms with Crippen molar-refractivity contribution in [2.24, 2.45) is 0 Å². The van der Waals surface area contributed by atoms with Gasteiger partial charge in [-0.1, -0.05) is 6.92 Å². The predicted molar refractivity (Wildman–Crippen MR) is 63.3 cm³/mol. The molecule has 0 heterocycles. The van der Waals surface area contributed by atoms with Gasteiger partial charge in [-0.15, -0.1) is 83.4 Å². The second-order valence-electron chi connectivity index (χ2n) is 3.25. The van der Waals surface area contributed by atoms with E-state index in [1.54, 1.807) is 0 Å². The Kier molecular flexibility index (Phi) is 5.22. The molecule has 0 fully saturated rings. The molecule has 0 atom stereocenters. The molecule has 2 aromatic carbocycles. The van der Waals surface area contributed by atoms with Crippen LogP contribution in [0, 0.1) is 12.1 Å². The standard InChI is InChI=1S/C15H12.W/c1-2-15(13-9-5-3-6-10-13)14-11-7-4-8-12-14;/h2-9,11H,1H3;/q-2;+2. The van der Waals surface area contributed by atoms with E-state index in [9.17, 15) is 0 Å². The van der Waals surface area contributed by atoms with Crippen LogP contribution in [0.3, 0.4) is 0 Å². The summed E-state index contributed by atoms with van der Waals surface area (Å²) in [7, 11) is 0. The van der Waals surface area contributed by atoms with Crippen molar-refractivity contribution in [2.45, 2.75) is 6.92 Å². The van der Waals surface area contributed by atoms with Gasteiger partial charge < -0.3 is 0 Å². The van der Waals surface area contributed by atoms with Gasteiger partial charge in [-0.3, -0.25) is 0 Å². The Hall–Kier alpha value is -1.13. The molecule has 78 valence electrons. The van der Waals surface area contributed by atoms with Crippen LogP contribution in [-0.4, -0.2) is 0 Å². The van der Waals surface area contributed by atoms with Crippen LogP contribution in [0.25, 0.3) is 5.57 Å². The first-order valence-corrected chi connectivity index (χ1v) is 5.02. The summed E-state index contributed by atoms with van der Waals surface area (Å²) in [6.07, 6.45) is 2.09. The van der Waals surface area contributed by atoms with E-state index in [0.29, 0.717) is 0 Å². The Balaban J connectivity index is 0.00000128. The third kappa shape index (κ3) is 2.93. The SMILES string of the molecule is CC=C(c1[c-]cccc1)c1[c-]cccc1.[W+2]. The van der Waals surface area contributed by atoms with E-state index in [1.165, 1.54) is 5.57 Å². The summed E-state index contributed by atoms with van der Waals surface area (Å²) in [5.41, 5.74) is 3.40. The van der Waals surface area contributed by atoms with Crippen molar-refractivity contribution in [3.05, 3.63) is 77.9 Å². The van der Waals surface area contributed by atoms with Crippen molar-refractivity contribution >= 4 is 5.57 Å². The van der Waals surface area contributed by atoms with Crippen molar-refractivity contribution in [1.29, 1.82) is 0 Å². The van der Waals surface area contributed by atoms with Gasteiger partial charge in [-0.25, -0.2) is 0 Å². The number of hydrogen-bond acceptors (Lipinski definition) is 0. The molecule has 0 aliphatic heterocycles. The van der Waals surface area contributed by atoms with Gasteiger partial charge in [0.05, 0.1) is 0 Å². The van der Waals surface area contributed by atoms with E-state index < -0.39 is 0 Å². The quantitative estimate of drug-likeness (QED) is 0.701. The van der Waals surface area contributed by atoms with Gasteiger partial charge >= 0.3 is 21.1 Å². The minimum atomic E-state index is 0. The largest absolute Gasteiger partial charge is 2.00 e. The van der Waals surface area contributed by atoms with Gasteiger partial charge in [-0.2, -0.15) is 0 Å². The van der Waals surface area contributed by atoms with Gasteiger partial charge in [0.1, 0.15) is 0 Å². The van der Waals surface area contributed by atoms with E-state index in [4.69, 9.17) is 0 Å². The fourth-order valence-corrected chi connectivity index (χ4v) is 1.58. The second kappa shape index (κ2) is 6.45. The maximum absolute atomic E-state index is 3.23. The molecule has 0 aromatic heterocycles. The third-order valence-corrected chi connectivity index (χ3v) is 2.29. The van der Waals surface area contributed by atoms with E-state index in [2.05, 4.69) is 30.3 Å². The first-order chi connectivity index (χ1) is 7.42. The number of rotatable bonds is 2. The molecule has 0 saturated heterocycles. The molecule has 0 amide bonds. The molecule has 0 spiro atoms. The molecule has 16 heavy (non-hydrogen) atoms. The minimum Gasteiger partial charge on any atom is -0.147 e. The molecule has 0 saturated carbocycles. The molecule has 1 heteroatoms. The van der Waals surface area contributed by atoms with Crippen LogP contribution in [0.2, 0.25) is 0 Å². The van der Waals surface area contributed by atoms with Crippen LogP contribution in [0.1, 0.15) is 18.1 Å². The fourth-order valence-electron chi connectivity index (χ4n) is 1.58. The first-order valence-electron chi connectivity index (χ1n) is 5.02. The summed E-state index contributed by atoms with van der Waals surface area (Å²) < 4.78 is 0. The van der Waals surface area contributed by atoms with Crippen LogP contribution in [0.5, 0.6) is 0 Å². The van der Waals surface area contributed by atoms with Crippen molar-refractivity contribution < 1.29 is 21.1 Å². The average Bonchev–Trinajstić information content (AvgIpc) is 2.33. The Morgan fingerprint density at radius 1 is 0.938 bits per heavy atom. The topological polar surface area (TPSA) is 0 Å². The number of hydrogen-bond donors (Lipinski definition) is 0. The van der Waals surface area contributed by atoms with Gasteiger partial charge in [0.2, 0.25) is 0 Å². The summed E-state index contributed by atoms with van der Waals surface area (Å²) in [5, 5.41) is 0. The van der Waals surface area contributed by atoms with Gasteiger partial charge in [0.25, 0.3) is 0 Å². The van der Waals surface area contributed by atoms with E-state index >= 15 is 0 Å². The zero-order chi connectivity index (χ0) is 10.5. The minimum absolute atomic E-state index is 0. The second-order valence-corrected chi connectivity index (χ2v) is 3.25. The predicted octanol–water partition coefficient (Wildman–Crippen LogP) is 3.74. The molecule has 0 radical (unpaired) electrons. The Morgan fingerprint density at radius 3 is 1.75 bits per heavy atom. The zero-order valence-electron chi connectivity index (χ0n) is 9.10. The Labute approximate surface area is 111 Å². The van der Waals surface area contributed by atoms with Crippen molar-refractivity contribution in [3.8, 4) is 0 Å². The maximum atomic E-state index is 3.23. The van der Waals surface area contributed by atoms with Crippen molar-refractivity contribution in [1.82, 2.24) is 0 Å². The van der Waals surface area contributed by atoms with Crippen LogP contribution < -0.4 is 0 Å². The monoisotopic (exact) mass is 376 g/mol. The van der Waals surface area contributed by atoms with Gasteiger partial charge in [0.15, 0.2) is 0 Å². The van der Waals surface area contributed by atoms with Crippen LogP contribution in [0.15, 0.2) is 54.6 Å². The van der Waals surface area contributed by atoms with Gasteiger partial charge in [0, 0.05) is 0 Å². The summed E-state index contributed by atoms with van der Waals surface area (Å²) in [6.45, 7) is 2.04. The van der Waals surface area contributed by atoms with Crippen LogP contribution in [-0.2, 0) is 21.1 Å². The van der Waals surface area contributed by atoms with Crippen molar-refractivity contribution in [3.63, 3.8) is 0 Å². The number of allylic oxidation sites excluding steroid dienone is 1. The molecule has 0 aliphatic carbocycles.